The zero-order valence-electron chi connectivity index (χ0n) is 19.9. The zero-order chi connectivity index (χ0) is 22.7. The molecular weight excluding hydrogens is 400 g/mol. The highest BCUT2D eigenvalue weighted by Gasteiger charge is 2.30. The number of amides is 1. The quantitative estimate of drug-likeness (QED) is 0.663. The summed E-state index contributed by atoms with van der Waals surface area (Å²) in [6.07, 6.45) is 4.48. The number of likely N-dealkylation sites (tertiary alicyclic amines) is 1. The van der Waals surface area contributed by atoms with Crippen LogP contribution >= 0.6 is 0 Å². The fourth-order valence-electron chi connectivity index (χ4n) is 4.91. The van der Waals surface area contributed by atoms with Crippen LogP contribution < -0.4 is 9.80 Å². The molecule has 32 heavy (non-hydrogen) atoms. The van der Waals surface area contributed by atoms with Gasteiger partial charge in [0.2, 0.25) is 5.91 Å². The minimum absolute atomic E-state index is 0.0210. The van der Waals surface area contributed by atoms with Crippen molar-refractivity contribution in [2.45, 2.75) is 51.7 Å². The van der Waals surface area contributed by atoms with E-state index in [1.165, 1.54) is 24.1 Å². The summed E-state index contributed by atoms with van der Waals surface area (Å²) >= 11 is 0. The topological polar surface area (TPSA) is 55.8 Å². The molecule has 1 aromatic carbocycles. The van der Waals surface area contributed by atoms with Crippen LogP contribution in [0.1, 0.15) is 55.7 Å². The largest absolute Gasteiger partial charge is 0.371 e. The van der Waals surface area contributed by atoms with Gasteiger partial charge in [-0.1, -0.05) is 18.2 Å². The molecular formula is C25H36N6O. The van der Waals surface area contributed by atoms with E-state index in [2.05, 4.69) is 47.2 Å². The number of aromatic nitrogens is 2. The van der Waals surface area contributed by atoms with Gasteiger partial charge >= 0.3 is 0 Å². The minimum atomic E-state index is -0.0210. The molecule has 1 amide bonds. The van der Waals surface area contributed by atoms with Crippen LogP contribution in [0.5, 0.6) is 0 Å². The average Bonchev–Trinajstić information content (AvgIpc) is 3.46. The molecule has 2 aliphatic heterocycles. The molecule has 4 rings (SSSR count). The van der Waals surface area contributed by atoms with E-state index in [0.29, 0.717) is 0 Å². The first kappa shape index (κ1) is 22.5. The van der Waals surface area contributed by atoms with Crippen molar-refractivity contribution < 1.29 is 4.79 Å². The molecule has 0 N–H and O–H groups in total. The highest BCUT2D eigenvalue weighted by molar-refractivity contribution is 5.74. The van der Waals surface area contributed by atoms with Crippen molar-refractivity contribution >= 4 is 17.4 Å². The molecule has 172 valence electrons. The molecule has 1 aromatic heterocycles. The lowest BCUT2D eigenvalue weighted by Gasteiger charge is -2.26. The second kappa shape index (κ2) is 9.86. The monoisotopic (exact) mass is 436 g/mol. The molecule has 0 saturated carbocycles. The van der Waals surface area contributed by atoms with Crippen molar-refractivity contribution in [1.29, 1.82) is 0 Å². The van der Waals surface area contributed by atoms with Gasteiger partial charge in [-0.3, -0.25) is 9.69 Å². The molecule has 0 spiro atoms. The highest BCUT2D eigenvalue weighted by atomic mass is 16.2. The van der Waals surface area contributed by atoms with E-state index in [0.717, 1.165) is 62.9 Å². The SMILES string of the molecule is CC(=O)N1CCCC1c1nc(CN(C)Cc2ccccc2N2CCCC2)cc(N(C)C)n1. The Hall–Kier alpha value is -2.67. The normalized spacial score (nSPS) is 18.6. The van der Waals surface area contributed by atoms with Crippen molar-refractivity contribution in [2.24, 2.45) is 0 Å². The molecule has 1 atom stereocenters. The van der Waals surface area contributed by atoms with Crippen LogP contribution in [0.4, 0.5) is 11.5 Å². The van der Waals surface area contributed by atoms with Gasteiger partial charge in [0.25, 0.3) is 0 Å². The van der Waals surface area contributed by atoms with Gasteiger partial charge in [-0.05, 0) is 44.4 Å². The van der Waals surface area contributed by atoms with Crippen LogP contribution in [0.15, 0.2) is 30.3 Å². The van der Waals surface area contributed by atoms with Crippen molar-refractivity contribution in [3.05, 3.63) is 47.4 Å². The molecule has 0 bridgehead atoms. The Morgan fingerprint density at radius 1 is 1.03 bits per heavy atom. The third kappa shape index (κ3) is 5.04. The van der Waals surface area contributed by atoms with E-state index in [9.17, 15) is 4.79 Å². The van der Waals surface area contributed by atoms with Crippen LogP contribution in [0, 0.1) is 0 Å². The Morgan fingerprint density at radius 2 is 1.78 bits per heavy atom. The number of carbonyl (C=O) groups is 1. The van der Waals surface area contributed by atoms with Crippen LogP contribution in [0.3, 0.4) is 0 Å². The lowest BCUT2D eigenvalue weighted by Crippen LogP contribution is -2.30. The number of hydrogen-bond donors (Lipinski definition) is 0. The summed E-state index contributed by atoms with van der Waals surface area (Å²) in [5.41, 5.74) is 3.71. The standard InChI is InChI=1S/C25H36N6O/c1-19(32)31-15-9-12-23(31)25-26-21(16-24(27-25)28(2)3)18-29(4)17-20-10-5-6-11-22(20)30-13-7-8-14-30/h5-6,10-11,16,23H,7-9,12-15,17-18H2,1-4H3. The summed E-state index contributed by atoms with van der Waals surface area (Å²) in [7, 11) is 6.15. The van der Waals surface area contributed by atoms with Gasteiger partial charge in [-0.25, -0.2) is 9.97 Å². The van der Waals surface area contributed by atoms with Crippen LogP contribution in [-0.2, 0) is 17.9 Å². The third-order valence-corrected chi connectivity index (χ3v) is 6.51. The number of benzene rings is 1. The van der Waals surface area contributed by atoms with E-state index in [4.69, 9.17) is 9.97 Å². The van der Waals surface area contributed by atoms with Gasteiger partial charge in [0, 0.05) is 65.5 Å². The maximum atomic E-state index is 12.1. The van der Waals surface area contributed by atoms with Gasteiger partial charge in [-0.15, -0.1) is 0 Å². The van der Waals surface area contributed by atoms with Crippen molar-refractivity contribution in [3.8, 4) is 0 Å². The Kier molecular flexibility index (Phi) is 6.94. The third-order valence-electron chi connectivity index (χ3n) is 6.51. The lowest BCUT2D eigenvalue weighted by atomic mass is 10.1. The highest BCUT2D eigenvalue weighted by Crippen LogP contribution is 2.31. The number of nitrogens with zero attached hydrogens (tertiary/aromatic N) is 6. The number of para-hydroxylation sites is 1. The fourth-order valence-corrected chi connectivity index (χ4v) is 4.91. The Labute approximate surface area is 192 Å². The molecule has 0 aliphatic carbocycles. The summed E-state index contributed by atoms with van der Waals surface area (Å²) < 4.78 is 0. The van der Waals surface area contributed by atoms with Crippen molar-refractivity contribution in [3.63, 3.8) is 0 Å². The van der Waals surface area contributed by atoms with Crippen LogP contribution in [0.25, 0.3) is 0 Å². The Bertz CT molecular complexity index is 940. The van der Waals surface area contributed by atoms with Crippen molar-refractivity contribution in [2.75, 3.05) is 50.6 Å². The summed E-state index contributed by atoms with van der Waals surface area (Å²) in [6.45, 7) is 6.33. The van der Waals surface area contributed by atoms with Crippen LogP contribution in [0.2, 0.25) is 0 Å². The number of rotatable bonds is 7. The number of carbonyl (C=O) groups excluding carboxylic acids is 1. The maximum Gasteiger partial charge on any atom is 0.220 e. The molecule has 2 aromatic rings. The summed E-state index contributed by atoms with van der Waals surface area (Å²) in [6, 6.07) is 10.8. The average molecular weight is 437 g/mol. The lowest BCUT2D eigenvalue weighted by molar-refractivity contribution is -0.129. The predicted molar refractivity (Wildman–Crippen MR) is 129 cm³/mol. The summed E-state index contributed by atoms with van der Waals surface area (Å²) in [4.78, 5) is 30.6. The first-order chi connectivity index (χ1) is 15.4. The molecule has 7 heteroatoms. The predicted octanol–water partition coefficient (Wildman–Crippen LogP) is 3.46. The van der Waals surface area contributed by atoms with E-state index in [1.807, 2.05) is 23.9 Å². The summed E-state index contributed by atoms with van der Waals surface area (Å²) in [5.74, 6) is 1.76. The smallest absolute Gasteiger partial charge is 0.220 e. The summed E-state index contributed by atoms with van der Waals surface area (Å²) in [5, 5.41) is 0. The second-order valence-electron chi connectivity index (χ2n) is 9.34. The van der Waals surface area contributed by atoms with Gasteiger partial charge in [0.1, 0.15) is 5.82 Å². The van der Waals surface area contributed by atoms with Gasteiger partial charge in [0.15, 0.2) is 5.82 Å². The minimum Gasteiger partial charge on any atom is -0.371 e. The molecule has 3 heterocycles. The Balaban J connectivity index is 1.54. The van der Waals surface area contributed by atoms with E-state index >= 15 is 0 Å². The molecule has 2 fully saturated rings. The molecule has 1 unspecified atom stereocenters. The molecule has 7 nitrogen and oxygen atoms in total. The van der Waals surface area contributed by atoms with E-state index in [1.54, 1.807) is 6.92 Å². The maximum absolute atomic E-state index is 12.1. The molecule has 2 aliphatic rings. The van der Waals surface area contributed by atoms with E-state index in [-0.39, 0.29) is 11.9 Å². The van der Waals surface area contributed by atoms with Crippen molar-refractivity contribution in [1.82, 2.24) is 19.8 Å². The first-order valence-corrected chi connectivity index (χ1v) is 11.8. The number of anilines is 2. The van der Waals surface area contributed by atoms with Gasteiger partial charge in [-0.2, -0.15) is 0 Å². The fraction of sp³-hybridized carbons (Fsp3) is 0.560. The molecule has 0 radical (unpaired) electrons. The Morgan fingerprint density at radius 3 is 2.50 bits per heavy atom. The van der Waals surface area contributed by atoms with Crippen LogP contribution in [-0.4, -0.2) is 66.5 Å². The number of hydrogen-bond acceptors (Lipinski definition) is 6. The zero-order valence-corrected chi connectivity index (χ0v) is 19.9. The molecule has 2 saturated heterocycles. The van der Waals surface area contributed by atoms with Gasteiger partial charge < -0.3 is 14.7 Å². The second-order valence-corrected chi connectivity index (χ2v) is 9.34. The van der Waals surface area contributed by atoms with Gasteiger partial charge in [0.05, 0.1) is 11.7 Å². The van der Waals surface area contributed by atoms with E-state index < -0.39 is 0 Å². The first-order valence-electron chi connectivity index (χ1n) is 11.8.